The van der Waals surface area contributed by atoms with Crippen LogP contribution in [-0.4, -0.2) is 49.8 Å². The Bertz CT molecular complexity index is 1250. The molecule has 1 aromatic carbocycles. The van der Waals surface area contributed by atoms with Crippen LogP contribution in [0.4, 0.5) is 5.82 Å². The first-order chi connectivity index (χ1) is 16.5. The summed E-state index contributed by atoms with van der Waals surface area (Å²) in [7, 11) is -3.47. The van der Waals surface area contributed by atoms with Crippen molar-refractivity contribution in [1.29, 1.82) is 0 Å². The quantitative estimate of drug-likeness (QED) is 0.555. The molecule has 0 bridgehead atoms. The summed E-state index contributed by atoms with van der Waals surface area (Å²) in [5.41, 5.74) is 0.763. The SMILES string of the molecule is O=C(NCc1cccs1)C1CCCN(c2ccc3cc(S(=O)(=O)N4CCCCC4)ccc3n2)C1. The van der Waals surface area contributed by atoms with Gasteiger partial charge >= 0.3 is 0 Å². The van der Waals surface area contributed by atoms with Gasteiger partial charge in [0.15, 0.2) is 0 Å². The Morgan fingerprint density at radius 1 is 1.06 bits per heavy atom. The predicted molar refractivity (Wildman–Crippen MR) is 135 cm³/mol. The molecule has 2 aliphatic rings. The highest BCUT2D eigenvalue weighted by atomic mass is 32.2. The third-order valence-corrected chi connectivity index (χ3v) is 9.50. The lowest BCUT2D eigenvalue weighted by Crippen LogP contribution is -2.43. The number of hydrogen-bond donors (Lipinski definition) is 1. The summed E-state index contributed by atoms with van der Waals surface area (Å²) < 4.78 is 27.7. The number of amides is 1. The van der Waals surface area contributed by atoms with Crippen molar-refractivity contribution in [3.63, 3.8) is 0 Å². The van der Waals surface area contributed by atoms with Crippen molar-refractivity contribution in [2.45, 2.75) is 43.5 Å². The van der Waals surface area contributed by atoms with Gasteiger partial charge in [-0.05, 0) is 67.5 Å². The van der Waals surface area contributed by atoms with Gasteiger partial charge in [-0.2, -0.15) is 4.31 Å². The summed E-state index contributed by atoms with van der Waals surface area (Å²) in [4.78, 5) is 21.2. The predicted octanol–water partition coefficient (Wildman–Crippen LogP) is 4.00. The molecule has 0 radical (unpaired) electrons. The number of nitrogens with zero attached hydrogens (tertiary/aromatic N) is 3. The number of thiophene rings is 1. The summed E-state index contributed by atoms with van der Waals surface area (Å²) in [6.07, 6.45) is 4.73. The third kappa shape index (κ3) is 4.96. The molecule has 0 spiro atoms. The molecule has 7 nitrogen and oxygen atoms in total. The molecule has 1 atom stereocenters. The number of piperidine rings is 2. The molecule has 180 valence electrons. The van der Waals surface area contributed by atoms with Gasteiger partial charge in [-0.3, -0.25) is 4.79 Å². The molecular weight excluding hydrogens is 468 g/mol. The Balaban J connectivity index is 1.29. The summed E-state index contributed by atoms with van der Waals surface area (Å²) in [6.45, 7) is 3.25. The van der Waals surface area contributed by atoms with E-state index in [1.807, 2.05) is 29.6 Å². The normalized spacial score (nSPS) is 19.9. The zero-order valence-corrected chi connectivity index (χ0v) is 20.8. The van der Waals surface area contributed by atoms with Crippen LogP contribution in [0.2, 0.25) is 0 Å². The van der Waals surface area contributed by atoms with E-state index in [0.29, 0.717) is 31.1 Å². The van der Waals surface area contributed by atoms with Crippen molar-refractivity contribution in [2.24, 2.45) is 5.92 Å². The second-order valence-electron chi connectivity index (χ2n) is 9.07. The maximum atomic E-state index is 13.0. The van der Waals surface area contributed by atoms with Gasteiger partial charge < -0.3 is 10.2 Å². The van der Waals surface area contributed by atoms with Gasteiger partial charge in [-0.1, -0.05) is 12.5 Å². The second-order valence-corrected chi connectivity index (χ2v) is 12.0. The van der Waals surface area contributed by atoms with Crippen LogP contribution in [0.5, 0.6) is 0 Å². The average molecular weight is 499 g/mol. The number of pyridine rings is 1. The molecule has 1 N–H and O–H groups in total. The summed E-state index contributed by atoms with van der Waals surface area (Å²) in [5.74, 6) is 0.851. The zero-order chi connectivity index (χ0) is 23.5. The summed E-state index contributed by atoms with van der Waals surface area (Å²) in [6, 6.07) is 13.1. The van der Waals surface area contributed by atoms with Crippen LogP contribution in [0.3, 0.4) is 0 Å². The van der Waals surface area contributed by atoms with Gasteiger partial charge in [0, 0.05) is 36.4 Å². The number of sulfonamides is 1. The molecule has 0 aliphatic carbocycles. The zero-order valence-electron chi connectivity index (χ0n) is 19.2. The number of carbonyl (C=O) groups is 1. The minimum absolute atomic E-state index is 0.0664. The molecule has 1 unspecified atom stereocenters. The van der Waals surface area contributed by atoms with Gasteiger partial charge in [0.05, 0.1) is 22.9 Å². The minimum Gasteiger partial charge on any atom is -0.356 e. The summed E-state index contributed by atoms with van der Waals surface area (Å²) >= 11 is 1.64. The standard InChI is InChI=1S/C25H30N4O3S2/c30-25(26-17-21-7-5-15-33-21)20-6-4-12-28(18-20)24-11-8-19-16-22(9-10-23(19)27-24)34(31,32)29-13-2-1-3-14-29/h5,7-11,15-16,20H,1-4,6,12-14,17-18H2,(H,26,30). The average Bonchev–Trinajstić information content (AvgIpc) is 3.41. The lowest BCUT2D eigenvalue weighted by molar-refractivity contribution is -0.125. The first-order valence-electron chi connectivity index (χ1n) is 12.0. The Labute approximate surface area is 204 Å². The number of carbonyl (C=O) groups excluding carboxylic acids is 1. The highest BCUT2D eigenvalue weighted by Crippen LogP contribution is 2.27. The van der Waals surface area contributed by atoms with Gasteiger partial charge in [0.25, 0.3) is 0 Å². The molecular formula is C25H30N4O3S2. The number of fused-ring (bicyclic) bond motifs is 1. The molecule has 5 rings (SSSR count). The number of hydrogen-bond acceptors (Lipinski definition) is 6. The monoisotopic (exact) mass is 498 g/mol. The van der Waals surface area contributed by atoms with E-state index in [1.54, 1.807) is 33.8 Å². The second kappa shape index (κ2) is 10.0. The van der Waals surface area contributed by atoms with Crippen molar-refractivity contribution in [3.8, 4) is 0 Å². The first-order valence-corrected chi connectivity index (χ1v) is 14.3. The Hall–Kier alpha value is -2.49. The van der Waals surface area contributed by atoms with E-state index in [9.17, 15) is 13.2 Å². The van der Waals surface area contributed by atoms with Gasteiger partial charge in [0.2, 0.25) is 15.9 Å². The fourth-order valence-electron chi connectivity index (χ4n) is 4.81. The highest BCUT2D eigenvalue weighted by Gasteiger charge is 2.28. The van der Waals surface area contributed by atoms with Crippen molar-refractivity contribution < 1.29 is 13.2 Å². The van der Waals surface area contributed by atoms with E-state index in [0.717, 1.165) is 60.2 Å². The van der Waals surface area contributed by atoms with Crippen LogP contribution >= 0.6 is 11.3 Å². The molecule has 3 aromatic rings. The molecule has 4 heterocycles. The molecule has 1 amide bonds. The number of benzene rings is 1. The molecule has 34 heavy (non-hydrogen) atoms. The number of anilines is 1. The molecule has 2 saturated heterocycles. The van der Waals surface area contributed by atoms with Crippen LogP contribution in [0.1, 0.15) is 37.0 Å². The largest absolute Gasteiger partial charge is 0.356 e. The van der Waals surface area contributed by atoms with Crippen molar-refractivity contribution >= 4 is 44.0 Å². The Morgan fingerprint density at radius 3 is 2.71 bits per heavy atom. The Kier molecular flexibility index (Phi) is 6.85. The van der Waals surface area contributed by atoms with Gasteiger partial charge in [-0.25, -0.2) is 13.4 Å². The van der Waals surface area contributed by atoms with E-state index in [1.165, 1.54) is 0 Å². The lowest BCUT2D eigenvalue weighted by Gasteiger charge is -2.33. The molecule has 2 aromatic heterocycles. The third-order valence-electron chi connectivity index (χ3n) is 6.73. The summed E-state index contributed by atoms with van der Waals surface area (Å²) in [5, 5.41) is 5.89. The maximum Gasteiger partial charge on any atom is 0.243 e. The van der Waals surface area contributed by atoms with Crippen molar-refractivity contribution in [2.75, 3.05) is 31.1 Å². The molecule has 9 heteroatoms. The smallest absolute Gasteiger partial charge is 0.243 e. The number of nitrogens with one attached hydrogen (secondary N) is 1. The van der Waals surface area contributed by atoms with E-state index < -0.39 is 10.0 Å². The molecule has 2 aliphatic heterocycles. The molecule has 2 fully saturated rings. The fraction of sp³-hybridized carbons (Fsp3) is 0.440. The minimum atomic E-state index is -3.47. The Morgan fingerprint density at radius 2 is 1.91 bits per heavy atom. The van der Waals surface area contributed by atoms with Crippen molar-refractivity contribution in [1.82, 2.24) is 14.6 Å². The highest BCUT2D eigenvalue weighted by molar-refractivity contribution is 7.89. The van der Waals surface area contributed by atoms with Crippen LogP contribution < -0.4 is 10.2 Å². The van der Waals surface area contributed by atoms with Gasteiger partial charge in [0.1, 0.15) is 5.82 Å². The van der Waals surface area contributed by atoms with Gasteiger partial charge in [-0.15, -0.1) is 11.3 Å². The van der Waals surface area contributed by atoms with Crippen LogP contribution in [-0.2, 0) is 21.4 Å². The topological polar surface area (TPSA) is 82.6 Å². The van der Waals surface area contributed by atoms with E-state index in [2.05, 4.69) is 10.2 Å². The van der Waals surface area contributed by atoms with Crippen LogP contribution in [0.15, 0.2) is 52.7 Å². The fourth-order valence-corrected chi connectivity index (χ4v) is 7.01. The van der Waals surface area contributed by atoms with Crippen LogP contribution in [0.25, 0.3) is 10.9 Å². The maximum absolute atomic E-state index is 13.0. The first kappa shape index (κ1) is 23.3. The van der Waals surface area contributed by atoms with E-state index in [4.69, 9.17) is 4.98 Å². The molecule has 0 saturated carbocycles. The van der Waals surface area contributed by atoms with Crippen LogP contribution in [0, 0.1) is 5.92 Å². The number of rotatable bonds is 6. The number of aromatic nitrogens is 1. The lowest BCUT2D eigenvalue weighted by atomic mass is 9.97. The van der Waals surface area contributed by atoms with Crippen molar-refractivity contribution in [3.05, 3.63) is 52.7 Å². The van der Waals surface area contributed by atoms with E-state index >= 15 is 0 Å². The van der Waals surface area contributed by atoms with E-state index in [-0.39, 0.29) is 11.8 Å².